The number of aryl methyl sites for hydroxylation is 2. The van der Waals surface area contributed by atoms with Gasteiger partial charge in [0.05, 0.1) is 18.2 Å². The second-order valence-corrected chi connectivity index (χ2v) is 5.42. The van der Waals surface area contributed by atoms with Crippen LogP contribution in [0.2, 0.25) is 0 Å². The maximum absolute atomic E-state index is 12.0. The summed E-state index contributed by atoms with van der Waals surface area (Å²) in [5.74, 6) is -1.04. The molecule has 0 saturated carbocycles. The van der Waals surface area contributed by atoms with Crippen molar-refractivity contribution in [1.29, 1.82) is 0 Å². The molecule has 2 atom stereocenters. The highest BCUT2D eigenvalue weighted by Crippen LogP contribution is 2.19. The van der Waals surface area contributed by atoms with Crippen molar-refractivity contribution in [3.8, 4) is 0 Å². The van der Waals surface area contributed by atoms with E-state index in [0.29, 0.717) is 19.4 Å². The minimum atomic E-state index is -0.939. The van der Waals surface area contributed by atoms with Crippen molar-refractivity contribution < 1.29 is 19.4 Å². The molecular formula is C14H21N3O4. The number of nitrogens with one attached hydrogen (secondary N) is 1. The van der Waals surface area contributed by atoms with E-state index in [-0.39, 0.29) is 18.4 Å². The second kappa shape index (κ2) is 6.26. The first-order valence-corrected chi connectivity index (χ1v) is 7.02. The van der Waals surface area contributed by atoms with E-state index in [1.54, 1.807) is 4.68 Å². The van der Waals surface area contributed by atoms with Crippen molar-refractivity contribution in [2.45, 2.75) is 45.3 Å². The molecule has 116 valence electrons. The van der Waals surface area contributed by atoms with Crippen LogP contribution in [-0.4, -0.2) is 45.5 Å². The Morgan fingerprint density at radius 2 is 2.14 bits per heavy atom. The van der Waals surface area contributed by atoms with Crippen LogP contribution in [0.5, 0.6) is 0 Å². The summed E-state index contributed by atoms with van der Waals surface area (Å²) in [6.45, 7) is 4.16. The Hall–Kier alpha value is -1.89. The molecule has 7 heteroatoms. The molecule has 1 amide bonds. The minimum absolute atomic E-state index is 0.100. The van der Waals surface area contributed by atoms with E-state index in [9.17, 15) is 9.59 Å². The molecule has 2 N–H and O–H groups in total. The molecule has 21 heavy (non-hydrogen) atoms. The number of carbonyl (C=O) groups excluding carboxylic acids is 1. The summed E-state index contributed by atoms with van der Waals surface area (Å²) in [5, 5.41) is 15.9. The fourth-order valence-electron chi connectivity index (χ4n) is 2.56. The normalized spacial score (nSPS) is 21.5. The van der Waals surface area contributed by atoms with Crippen LogP contribution in [0.15, 0.2) is 0 Å². The summed E-state index contributed by atoms with van der Waals surface area (Å²) in [6, 6.07) is 0. The monoisotopic (exact) mass is 295 g/mol. The first-order chi connectivity index (χ1) is 9.88. The highest BCUT2D eigenvalue weighted by molar-refractivity contribution is 5.79. The molecule has 1 aromatic rings. The molecule has 7 nitrogen and oxygen atoms in total. The summed E-state index contributed by atoms with van der Waals surface area (Å²) in [6.07, 6.45) is 0.472. The number of aromatic nitrogens is 2. The number of aliphatic carboxylic acids is 1. The van der Waals surface area contributed by atoms with Crippen molar-refractivity contribution in [2.24, 2.45) is 7.05 Å². The number of carbonyl (C=O) groups is 2. The van der Waals surface area contributed by atoms with Gasteiger partial charge in [-0.3, -0.25) is 9.48 Å². The van der Waals surface area contributed by atoms with Crippen LogP contribution in [0, 0.1) is 13.8 Å². The molecule has 0 spiro atoms. The van der Waals surface area contributed by atoms with Gasteiger partial charge in [-0.1, -0.05) is 0 Å². The van der Waals surface area contributed by atoms with Crippen molar-refractivity contribution >= 4 is 11.9 Å². The van der Waals surface area contributed by atoms with Gasteiger partial charge in [-0.2, -0.15) is 5.10 Å². The molecule has 1 aromatic heterocycles. The Kier molecular flexibility index (Phi) is 4.62. The average molecular weight is 295 g/mol. The smallest absolute Gasteiger partial charge is 0.332 e. The third kappa shape index (κ3) is 3.60. The lowest BCUT2D eigenvalue weighted by molar-refractivity contribution is -0.149. The number of ether oxygens (including phenoxy) is 1. The van der Waals surface area contributed by atoms with Crippen molar-refractivity contribution in [2.75, 3.05) is 6.54 Å². The molecule has 2 rings (SSSR count). The van der Waals surface area contributed by atoms with E-state index in [1.807, 2.05) is 20.9 Å². The van der Waals surface area contributed by atoms with E-state index < -0.39 is 12.1 Å². The maximum atomic E-state index is 12.0. The zero-order valence-electron chi connectivity index (χ0n) is 12.5. The second-order valence-electron chi connectivity index (χ2n) is 5.42. The SMILES string of the molecule is Cc1nn(C)c(C)c1CC(=O)NCC1CCC(C(=O)O)O1. The summed E-state index contributed by atoms with van der Waals surface area (Å²) >= 11 is 0. The fourth-order valence-corrected chi connectivity index (χ4v) is 2.56. The van der Waals surface area contributed by atoms with E-state index >= 15 is 0 Å². The van der Waals surface area contributed by atoms with Crippen molar-refractivity contribution in [1.82, 2.24) is 15.1 Å². The predicted molar refractivity (Wildman–Crippen MR) is 74.9 cm³/mol. The topological polar surface area (TPSA) is 93.5 Å². The van der Waals surface area contributed by atoms with Gasteiger partial charge in [0, 0.05) is 24.8 Å². The highest BCUT2D eigenvalue weighted by atomic mass is 16.5. The number of amides is 1. The Labute approximate surface area is 123 Å². The molecular weight excluding hydrogens is 274 g/mol. The molecule has 0 aromatic carbocycles. The van der Waals surface area contributed by atoms with Crippen LogP contribution in [0.4, 0.5) is 0 Å². The number of rotatable bonds is 5. The van der Waals surface area contributed by atoms with Gasteiger partial charge in [-0.15, -0.1) is 0 Å². The summed E-state index contributed by atoms with van der Waals surface area (Å²) in [4.78, 5) is 22.8. The number of nitrogens with zero attached hydrogens (tertiary/aromatic N) is 2. The van der Waals surface area contributed by atoms with Crippen LogP contribution in [0.3, 0.4) is 0 Å². The van der Waals surface area contributed by atoms with E-state index in [1.165, 1.54) is 0 Å². The Bertz CT molecular complexity index is 553. The number of hydrogen-bond donors (Lipinski definition) is 2. The minimum Gasteiger partial charge on any atom is -0.479 e. The predicted octanol–water partition coefficient (Wildman–Crippen LogP) is 0.328. The quantitative estimate of drug-likeness (QED) is 0.816. The fraction of sp³-hybridized carbons (Fsp3) is 0.643. The Morgan fingerprint density at radius 3 is 2.67 bits per heavy atom. The van der Waals surface area contributed by atoms with Crippen LogP contribution in [0.1, 0.15) is 29.8 Å². The van der Waals surface area contributed by atoms with Gasteiger partial charge in [0.25, 0.3) is 0 Å². The molecule has 0 radical (unpaired) electrons. The van der Waals surface area contributed by atoms with Gasteiger partial charge in [0.2, 0.25) is 5.91 Å². The maximum Gasteiger partial charge on any atom is 0.332 e. The standard InChI is InChI=1S/C14H21N3O4/c1-8-11(9(2)17(3)16-8)6-13(18)15-7-10-4-5-12(21-10)14(19)20/h10,12H,4-7H2,1-3H3,(H,15,18)(H,19,20). The van der Waals surface area contributed by atoms with Gasteiger partial charge in [-0.25, -0.2) is 4.79 Å². The van der Waals surface area contributed by atoms with Crippen molar-refractivity contribution in [3.05, 3.63) is 17.0 Å². The summed E-state index contributed by atoms with van der Waals surface area (Å²) < 4.78 is 7.10. The molecule has 1 aliphatic heterocycles. The van der Waals surface area contributed by atoms with Gasteiger partial charge in [0.15, 0.2) is 6.10 Å². The highest BCUT2D eigenvalue weighted by Gasteiger charge is 2.30. The third-order valence-electron chi connectivity index (χ3n) is 3.91. The van der Waals surface area contributed by atoms with E-state index in [0.717, 1.165) is 17.0 Å². The molecule has 1 aliphatic rings. The molecule has 2 heterocycles. The van der Waals surface area contributed by atoms with Crippen LogP contribution < -0.4 is 5.32 Å². The van der Waals surface area contributed by atoms with Crippen LogP contribution in [-0.2, 0) is 27.8 Å². The van der Waals surface area contributed by atoms with Gasteiger partial charge in [-0.05, 0) is 26.7 Å². The Morgan fingerprint density at radius 1 is 1.43 bits per heavy atom. The largest absolute Gasteiger partial charge is 0.479 e. The van der Waals surface area contributed by atoms with Gasteiger partial charge in [0.1, 0.15) is 0 Å². The van der Waals surface area contributed by atoms with Gasteiger partial charge < -0.3 is 15.2 Å². The van der Waals surface area contributed by atoms with E-state index in [4.69, 9.17) is 9.84 Å². The number of hydrogen-bond acceptors (Lipinski definition) is 4. The van der Waals surface area contributed by atoms with E-state index in [2.05, 4.69) is 10.4 Å². The number of carboxylic acid groups (broad SMARTS) is 1. The van der Waals surface area contributed by atoms with Crippen molar-refractivity contribution in [3.63, 3.8) is 0 Å². The first-order valence-electron chi connectivity index (χ1n) is 7.02. The van der Waals surface area contributed by atoms with Gasteiger partial charge >= 0.3 is 5.97 Å². The molecule has 1 fully saturated rings. The van der Waals surface area contributed by atoms with Crippen LogP contribution in [0.25, 0.3) is 0 Å². The summed E-state index contributed by atoms with van der Waals surface area (Å²) in [5.41, 5.74) is 2.77. The van der Waals surface area contributed by atoms with Crippen LogP contribution >= 0.6 is 0 Å². The zero-order valence-corrected chi connectivity index (χ0v) is 12.5. The summed E-state index contributed by atoms with van der Waals surface area (Å²) in [7, 11) is 1.85. The first kappa shape index (κ1) is 15.5. The number of carboxylic acids is 1. The molecule has 2 unspecified atom stereocenters. The molecule has 1 saturated heterocycles. The zero-order chi connectivity index (χ0) is 15.6. The lowest BCUT2D eigenvalue weighted by Crippen LogP contribution is -2.34. The Balaban J connectivity index is 1.82. The molecule has 0 aliphatic carbocycles. The lowest BCUT2D eigenvalue weighted by atomic mass is 10.1. The average Bonchev–Trinajstić information content (AvgIpc) is 2.98. The molecule has 0 bridgehead atoms. The third-order valence-corrected chi connectivity index (χ3v) is 3.91. The lowest BCUT2D eigenvalue weighted by Gasteiger charge is -2.12.